The minimum Gasteiger partial charge on any atom is -0.440 e. The Morgan fingerprint density at radius 3 is 2.42 bits per heavy atom. The maximum absolute atomic E-state index is 12.9. The van der Waals surface area contributed by atoms with Crippen LogP contribution in [0.1, 0.15) is 30.2 Å². The van der Waals surface area contributed by atoms with Crippen LogP contribution in [0.15, 0.2) is 52.9 Å². The Kier molecular flexibility index (Phi) is 5.64. The number of aromatic nitrogens is 1. The van der Waals surface area contributed by atoms with E-state index in [2.05, 4.69) is 46.0 Å². The van der Waals surface area contributed by atoms with Gasteiger partial charge < -0.3 is 14.2 Å². The van der Waals surface area contributed by atoms with Crippen molar-refractivity contribution in [2.75, 3.05) is 50.7 Å². The zero-order valence-electron chi connectivity index (χ0n) is 18.2. The minimum absolute atomic E-state index is 0.250. The second-order valence-electron chi connectivity index (χ2n) is 8.72. The fourth-order valence-corrected chi connectivity index (χ4v) is 4.80. The molecule has 2 saturated heterocycles. The lowest BCUT2D eigenvalue weighted by atomic mass is 9.96. The molecule has 6 heteroatoms. The van der Waals surface area contributed by atoms with E-state index in [-0.39, 0.29) is 5.91 Å². The number of piperazine rings is 1. The predicted octanol–water partition coefficient (Wildman–Crippen LogP) is 3.66. The molecule has 2 fully saturated rings. The summed E-state index contributed by atoms with van der Waals surface area (Å²) < 4.78 is 5.95. The van der Waals surface area contributed by atoms with Gasteiger partial charge in [-0.3, -0.25) is 9.69 Å². The van der Waals surface area contributed by atoms with Crippen LogP contribution in [0.3, 0.4) is 0 Å². The fraction of sp³-hybridized carbons (Fsp3) is 0.440. The molecule has 3 heterocycles. The van der Waals surface area contributed by atoms with Gasteiger partial charge in [0.1, 0.15) is 5.52 Å². The third-order valence-corrected chi connectivity index (χ3v) is 6.69. The van der Waals surface area contributed by atoms with Gasteiger partial charge in [-0.1, -0.05) is 30.3 Å². The number of aryl methyl sites for hydroxylation is 1. The van der Waals surface area contributed by atoms with Gasteiger partial charge in [-0.15, -0.1) is 0 Å². The molecule has 1 amide bonds. The first-order chi connectivity index (χ1) is 15.2. The second kappa shape index (κ2) is 8.71. The van der Waals surface area contributed by atoms with Crippen molar-refractivity contribution in [2.45, 2.75) is 25.7 Å². The predicted molar refractivity (Wildman–Crippen MR) is 122 cm³/mol. The second-order valence-corrected chi connectivity index (χ2v) is 8.72. The Balaban J connectivity index is 1.11. The van der Waals surface area contributed by atoms with Crippen LogP contribution in [-0.2, 0) is 4.79 Å². The number of nitrogens with zero attached hydrogens (tertiary/aromatic N) is 4. The maximum Gasteiger partial charge on any atom is 0.236 e. The lowest BCUT2D eigenvalue weighted by Crippen LogP contribution is -2.51. The summed E-state index contributed by atoms with van der Waals surface area (Å²) in [7, 11) is 0. The van der Waals surface area contributed by atoms with Crippen molar-refractivity contribution in [1.29, 1.82) is 0 Å². The van der Waals surface area contributed by atoms with E-state index < -0.39 is 0 Å². The average molecular weight is 419 g/mol. The highest BCUT2D eigenvalue weighted by molar-refractivity contribution is 5.78. The molecular formula is C25H30N4O2. The molecule has 0 radical (unpaired) electrons. The summed E-state index contributed by atoms with van der Waals surface area (Å²) in [5, 5.41) is 0. The number of carbonyl (C=O) groups excluding carboxylic acids is 1. The van der Waals surface area contributed by atoms with Gasteiger partial charge in [-0.25, -0.2) is 4.98 Å². The molecule has 1 aromatic heterocycles. The molecule has 0 atom stereocenters. The molecule has 0 bridgehead atoms. The monoisotopic (exact) mass is 418 g/mol. The quantitative estimate of drug-likeness (QED) is 0.647. The number of benzene rings is 2. The maximum atomic E-state index is 12.9. The number of carbonyl (C=O) groups is 1. The molecule has 0 saturated carbocycles. The van der Waals surface area contributed by atoms with E-state index in [1.54, 1.807) is 0 Å². The van der Waals surface area contributed by atoms with Crippen molar-refractivity contribution in [2.24, 2.45) is 0 Å². The highest BCUT2D eigenvalue weighted by Gasteiger charge is 2.28. The van der Waals surface area contributed by atoms with Crippen molar-refractivity contribution < 1.29 is 9.21 Å². The lowest BCUT2D eigenvalue weighted by Gasteiger charge is -2.38. The van der Waals surface area contributed by atoms with Gasteiger partial charge in [0, 0.05) is 50.9 Å². The highest BCUT2D eigenvalue weighted by Crippen LogP contribution is 2.30. The molecule has 31 heavy (non-hydrogen) atoms. The SMILES string of the molecule is Cc1ccccc1N1CCN(CC(=O)N2CCC(c3nc4ccccc4o3)CC2)CC1. The summed E-state index contributed by atoms with van der Waals surface area (Å²) in [6.45, 7) is 8.05. The zero-order valence-corrected chi connectivity index (χ0v) is 18.2. The van der Waals surface area contributed by atoms with Gasteiger partial charge in [0.25, 0.3) is 0 Å². The van der Waals surface area contributed by atoms with Gasteiger partial charge in [-0.05, 0) is 43.5 Å². The van der Waals surface area contributed by atoms with Gasteiger partial charge in [0.15, 0.2) is 11.5 Å². The molecule has 0 N–H and O–H groups in total. The van der Waals surface area contributed by atoms with E-state index in [0.29, 0.717) is 12.5 Å². The van der Waals surface area contributed by atoms with Crippen LogP contribution in [0, 0.1) is 6.92 Å². The minimum atomic E-state index is 0.250. The number of rotatable bonds is 4. The van der Waals surface area contributed by atoms with Crippen LogP contribution >= 0.6 is 0 Å². The average Bonchev–Trinajstić information content (AvgIpc) is 3.24. The third-order valence-electron chi connectivity index (χ3n) is 6.69. The molecule has 0 aliphatic carbocycles. The first-order valence-electron chi connectivity index (χ1n) is 11.3. The summed E-state index contributed by atoms with van der Waals surface area (Å²) in [6, 6.07) is 16.4. The molecule has 6 nitrogen and oxygen atoms in total. The van der Waals surface area contributed by atoms with E-state index in [1.165, 1.54) is 11.3 Å². The summed E-state index contributed by atoms with van der Waals surface area (Å²) in [6.07, 6.45) is 1.83. The summed E-state index contributed by atoms with van der Waals surface area (Å²) in [5.41, 5.74) is 4.39. The van der Waals surface area contributed by atoms with Crippen LogP contribution in [0.5, 0.6) is 0 Å². The number of piperidine rings is 1. The van der Waals surface area contributed by atoms with E-state index >= 15 is 0 Å². The zero-order chi connectivity index (χ0) is 21.2. The van der Waals surface area contributed by atoms with E-state index in [4.69, 9.17) is 4.42 Å². The summed E-state index contributed by atoms with van der Waals surface area (Å²) >= 11 is 0. The number of fused-ring (bicyclic) bond motifs is 1. The third kappa shape index (κ3) is 4.30. The Labute approximate surface area is 183 Å². The number of likely N-dealkylation sites (tertiary alicyclic amines) is 1. The smallest absolute Gasteiger partial charge is 0.236 e. The number of hydrogen-bond acceptors (Lipinski definition) is 5. The fourth-order valence-electron chi connectivity index (χ4n) is 4.80. The summed E-state index contributed by atoms with van der Waals surface area (Å²) in [5.74, 6) is 1.37. The van der Waals surface area contributed by atoms with Crippen LogP contribution in [-0.4, -0.2) is 66.5 Å². The first kappa shape index (κ1) is 20.1. The molecule has 2 aromatic carbocycles. The molecule has 0 unspecified atom stereocenters. The summed E-state index contributed by atoms with van der Waals surface area (Å²) in [4.78, 5) is 24.3. The number of anilines is 1. The van der Waals surface area contributed by atoms with Crippen LogP contribution in [0.4, 0.5) is 5.69 Å². The van der Waals surface area contributed by atoms with Gasteiger partial charge >= 0.3 is 0 Å². The van der Waals surface area contributed by atoms with Gasteiger partial charge in [-0.2, -0.15) is 0 Å². The van der Waals surface area contributed by atoms with Crippen LogP contribution < -0.4 is 4.90 Å². The van der Waals surface area contributed by atoms with Crippen molar-refractivity contribution in [3.8, 4) is 0 Å². The number of para-hydroxylation sites is 3. The molecule has 162 valence electrons. The normalized spacial score (nSPS) is 18.6. The Hall–Kier alpha value is -2.86. The van der Waals surface area contributed by atoms with Gasteiger partial charge in [0.05, 0.1) is 6.54 Å². The van der Waals surface area contributed by atoms with Crippen molar-refractivity contribution in [3.05, 3.63) is 60.0 Å². The lowest BCUT2D eigenvalue weighted by molar-refractivity contribution is -0.133. The number of oxazole rings is 1. The van der Waals surface area contributed by atoms with Gasteiger partial charge in [0.2, 0.25) is 5.91 Å². The number of amides is 1. The molecule has 3 aromatic rings. The van der Waals surface area contributed by atoms with Crippen molar-refractivity contribution in [3.63, 3.8) is 0 Å². The Bertz CT molecular complexity index is 1010. The highest BCUT2D eigenvalue weighted by atomic mass is 16.3. The van der Waals surface area contributed by atoms with E-state index in [9.17, 15) is 4.79 Å². The standard InChI is InChI=1S/C25H30N4O2/c1-19-6-2-4-8-22(19)28-16-14-27(15-17-28)18-24(30)29-12-10-20(11-13-29)25-26-21-7-3-5-9-23(21)31-25/h2-9,20H,10-18H2,1H3. The largest absolute Gasteiger partial charge is 0.440 e. The van der Waals surface area contributed by atoms with Crippen molar-refractivity contribution in [1.82, 2.24) is 14.8 Å². The van der Waals surface area contributed by atoms with E-state index in [0.717, 1.165) is 69.1 Å². The van der Waals surface area contributed by atoms with Crippen LogP contribution in [0.2, 0.25) is 0 Å². The van der Waals surface area contributed by atoms with Crippen molar-refractivity contribution >= 4 is 22.7 Å². The molecule has 2 aliphatic rings. The Morgan fingerprint density at radius 1 is 0.968 bits per heavy atom. The molecule has 2 aliphatic heterocycles. The number of hydrogen-bond donors (Lipinski definition) is 0. The molecular weight excluding hydrogens is 388 g/mol. The van der Waals surface area contributed by atoms with E-state index in [1.807, 2.05) is 29.2 Å². The Morgan fingerprint density at radius 2 is 1.68 bits per heavy atom. The van der Waals surface area contributed by atoms with Crippen LogP contribution in [0.25, 0.3) is 11.1 Å². The first-order valence-corrected chi connectivity index (χ1v) is 11.3. The topological polar surface area (TPSA) is 52.8 Å². The molecule has 0 spiro atoms. The molecule has 5 rings (SSSR count).